The molecule has 6 heteroatoms. The second-order valence-corrected chi connectivity index (χ2v) is 7.23. The fourth-order valence-electron chi connectivity index (χ4n) is 2.97. The highest BCUT2D eigenvalue weighted by atomic mass is 32.1. The minimum absolute atomic E-state index is 0.0146. The number of thiophene rings is 1. The van der Waals surface area contributed by atoms with Crippen LogP contribution in [-0.2, 0) is 6.54 Å². The van der Waals surface area contributed by atoms with Crippen molar-refractivity contribution in [3.05, 3.63) is 26.6 Å². The molecule has 0 saturated carbocycles. The van der Waals surface area contributed by atoms with Gasteiger partial charge in [-0.25, -0.2) is 4.98 Å². The summed E-state index contributed by atoms with van der Waals surface area (Å²) in [7, 11) is 2.16. The maximum atomic E-state index is 12.2. The predicted molar refractivity (Wildman–Crippen MR) is 87.0 cm³/mol. The van der Waals surface area contributed by atoms with Gasteiger partial charge in [0.2, 0.25) is 0 Å². The topological polar surface area (TPSA) is 61.0 Å². The van der Waals surface area contributed by atoms with Gasteiger partial charge in [0.05, 0.1) is 11.9 Å². The Morgan fingerprint density at radius 3 is 3.00 bits per heavy atom. The van der Waals surface area contributed by atoms with E-state index in [2.05, 4.69) is 27.2 Å². The van der Waals surface area contributed by atoms with Crippen molar-refractivity contribution in [1.82, 2.24) is 20.2 Å². The van der Waals surface area contributed by atoms with Crippen molar-refractivity contribution in [3.8, 4) is 0 Å². The van der Waals surface area contributed by atoms with Crippen molar-refractivity contribution >= 4 is 21.6 Å². The summed E-state index contributed by atoms with van der Waals surface area (Å²) in [4.78, 5) is 24.0. The highest BCUT2D eigenvalue weighted by Gasteiger charge is 2.19. The zero-order chi connectivity index (χ0) is 15.0. The first-order chi connectivity index (χ1) is 10.0. The van der Waals surface area contributed by atoms with Crippen LogP contribution in [0.3, 0.4) is 0 Å². The zero-order valence-electron chi connectivity index (χ0n) is 12.8. The van der Waals surface area contributed by atoms with E-state index >= 15 is 0 Å². The number of hydrogen-bond acceptors (Lipinski definition) is 5. The first-order valence-electron chi connectivity index (χ1n) is 7.42. The summed E-state index contributed by atoms with van der Waals surface area (Å²) in [6.07, 6.45) is 1.25. The Kier molecular flexibility index (Phi) is 4.10. The largest absolute Gasteiger partial charge is 0.310 e. The highest BCUT2D eigenvalue weighted by Crippen LogP contribution is 2.25. The number of aryl methyl sites for hydroxylation is 2. The van der Waals surface area contributed by atoms with Crippen LogP contribution in [0.15, 0.2) is 4.79 Å². The average Bonchev–Trinajstić information content (AvgIpc) is 2.95. The zero-order valence-corrected chi connectivity index (χ0v) is 13.6. The quantitative estimate of drug-likeness (QED) is 0.901. The molecule has 5 nitrogen and oxygen atoms in total. The lowest BCUT2D eigenvalue weighted by molar-refractivity contribution is 0.387. The number of hydrogen-bond donors (Lipinski definition) is 2. The van der Waals surface area contributed by atoms with Crippen LogP contribution in [-0.4, -0.2) is 41.5 Å². The van der Waals surface area contributed by atoms with Crippen molar-refractivity contribution in [2.45, 2.75) is 26.8 Å². The van der Waals surface area contributed by atoms with Crippen LogP contribution in [0.2, 0.25) is 0 Å². The molecule has 0 bridgehead atoms. The van der Waals surface area contributed by atoms with Crippen molar-refractivity contribution in [1.29, 1.82) is 0 Å². The second-order valence-electron chi connectivity index (χ2n) is 6.02. The fourth-order valence-corrected chi connectivity index (χ4v) is 4.02. The van der Waals surface area contributed by atoms with E-state index in [4.69, 9.17) is 0 Å². The number of likely N-dealkylation sites (tertiary alicyclic amines) is 1. The number of aromatic amines is 1. The first kappa shape index (κ1) is 14.7. The molecular formula is C15H22N4OS. The van der Waals surface area contributed by atoms with Crippen molar-refractivity contribution in [2.75, 3.05) is 26.7 Å². The molecular weight excluding hydrogens is 284 g/mol. The Balaban J connectivity index is 1.69. The van der Waals surface area contributed by atoms with Crippen molar-refractivity contribution in [3.63, 3.8) is 0 Å². The van der Waals surface area contributed by atoms with Gasteiger partial charge in [0, 0.05) is 11.4 Å². The predicted octanol–water partition coefficient (Wildman–Crippen LogP) is 1.64. The molecule has 0 aliphatic carbocycles. The molecule has 3 rings (SSSR count). The minimum Gasteiger partial charge on any atom is -0.310 e. The molecule has 3 heterocycles. The summed E-state index contributed by atoms with van der Waals surface area (Å²) in [6.45, 7) is 7.96. The molecule has 2 aromatic rings. The molecule has 1 fully saturated rings. The molecule has 0 aromatic carbocycles. The molecule has 0 amide bonds. The average molecular weight is 306 g/mol. The molecule has 1 aliphatic rings. The maximum absolute atomic E-state index is 12.2. The summed E-state index contributed by atoms with van der Waals surface area (Å²) >= 11 is 1.60. The van der Waals surface area contributed by atoms with E-state index in [1.54, 1.807) is 11.3 Å². The lowest BCUT2D eigenvalue weighted by Crippen LogP contribution is -2.26. The molecule has 114 valence electrons. The van der Waals surface area contributed by atoms with Crippen LogP contribution >= 0.6 is 11.3 Å². The van der Waals surface area contributed by atoms with Gasteiger partial charge in [-0.1, -0.05) is 0 Å². The van der Waals surface area contributed by atoms with Gasteiger partial charge in [0.1, 0.15) is 10.7 Å². The summed E-state index contributed by atoms with van der Waals surface area (Å²) in [5, 5.41) is 4.17. The van der Waals surface area contributed by atoms with Crippen LogP contribution in [0.4, 0.5) is 0 Å². The van der Waals surface area contributed by atoms with Gasteiger partial charge in [0.25, 0.3) is 5.56 Å². The van der Waals surface area contributed by atoms with E-state index in [-0.39, 0.29) is 5.56 Å². The lowest BCUT2D eigenvalue weighted by Gasteiger charge is -2.11. The van der Waals surface area contributed by atoms with Crippen LogP contribution in [0.25, 0.3) is 10.2 Å². The standard InChI is InChI=1S/C15H22N4OS/c1-9-10(2)21-15-13(9)14(20)17-12(18-15)7-16-6-11-4-5-19(3)8-11/h11,16H,4-8H2,1-3H3,(H,17,18,20). The third kappa shape index (κ3) is 3.02. The highest BCUT2D eigenvalue weighted by molar-refractivity contribution is 7.18. The van der Waals surface area contributed by atoms with Crippen LogP contribution in [0.5, 0.6) is 0 Å². The molecule has 0 radical (unpaired) electrons. The van der Waals surface area contributed by atoms with Gasteiger partial charge in [0.15, 0.2) is 0 Å². The Bertz CT molecular complexity index is 705. The molecule has 2 N–H and O–H groups in total. The van der Waals surface area contributed by atoms with Crippen LogP contribution in [0.1, 0.15) is 22.7 Å². The van der Waals surface area contributed by atoms with E-state index in [1.807, 2.05) is 13.8 Å². The fraction of sp³-hybridized carbons (Fsp3) is 0.600. The maximum Gasteiger partial charge on any atom is 0.259 e. The Labute approximate surface area is 128 Å². The SMILES string of the molecule is Cc1sc2nc(CNCC3CCN(C)C3)[nH]c(=O)c2c1C. The molecule has 0 spiro atoms. The molecule has 1 aliphatic heterocycles. The van der Waals surface area contributed by atoms with Gasteiger partial charge >= 0.3 is 0 Å². The number of fused-ring (bicyclic) bond motifs is 1. The third-order valence-electron chi connectivity index (χ3n) is 4.30. The number of aromatic nitrogens is 2. The number of nitrogens with one attached hydrogen (secondary N) is 2. The van der Waals surface area contributed by atoms with E-state index < -0.39 is 0 Å². The summed E-state index contributed by atoms with van der Waals surface area (Å²) in [5.74, 6) is 1.44. The van der Waals surface area contributed by atoms with Gasteiger partial charge in [-0.2, -0.15) is 0 Å². The normalized spacial score (nSPS) is 19.7. The third-order valence-corrected chi connectivity index (χ3v) is 5.40. The lowest BCUT2D eigenvalue weighted by atomic mass is 10.1. The summed E-state index contributed by atoms with van der Waals surface area (Å²) in [6, 6.07) is 0. The molecule has 21 heavy (non-hydrogen) atoms. The molecule has 1 unspecified atom stereocenters. The number of H-pyrrole nitrogens is 1. The van der Waals surface area contributed by atoms with E-state index in [9.17, 15) is 4.79 Å². The van der Waals surface area contributed by atoms with Gasteiger partial charge < -0.3 is 15.2 Å². The number of nitrogens with zero attached hydrogens (tertiary/aromatic N) is 2. The molecule has 1 saturated heterocycles. The van der Waals surface area contributed by atoms with Gasteiger partial charge in [-0.15, -0.1) is 11.3 Å². The Hall–Kier alpha value is -1.24. The summed E-state index contributed by atoms with van der Waals surface area (Å²) < 4.78 is 0. The van der Waals surface area contributed by atoms with Crippen LogP contribution < -0.4 is 10.9 Å². The second kappa shape index (κ2) is 5.87. The molecule has 2 aromatic heterocycles. The smallest absolute Gasteiger partial charge is 0.259 e. The number of rotatable bonds is 4. The van der Waals surface area contributed by atoms with Gasteiger partial charge in [-0.05, 0) is 51.9 Å². The van der Waals surface area contributed by atoms with Crippen molar-refractivity contribution < 1.29 is 0 Å². The minimum atomic E-state index is -0.0146. The Morgan fingerprint density at radius 2 is 2.29 bits per heavy atom. The monoisotopic (exact) mass is 306 g/mol. The van der Waals surface area contributed by atoms with E-state index in [0.717, 1.165) is 34.7 Å². The van der Waals surface area contributed by atoms with Crippen molar-refractivity contribution in [2.24, 2.45) is 5.92 Å². The Morgan fingerprint density at radius 1 is 1.48 bits per heavy atom. The molecule has 1 atom stereocenters. The van der Waals surface area contributed by atoms with Crippen LogP contribution in [0, 0.1) is 19.8 Å². The summed E-state index contributed by atoms with van der Waals surface area (Å²) in [5.41, 5.74) is 1.04. The van der Waals surface area contributed by atoms with Gasteiger partial charge in [-0.3, -0.25) is 4.79 Å². The first-order valence-corrected chi connectivity index (χ1v) is 8.24. The van der Waals surface area contributed by atoms with E-state index in [0.29, 0.717) is 12.5 Å². The van der Waals surface area contributed by atoms with E-state index in [1.165, 1.54) is 17.8 Å².